The van der Waals surface area contributed by atoms with Crippen LogP contribution in [-0.2, 0) is 17.9 Å². The van der Waals surface area contributed by atoms with Gasteiger partial charge in [-0.3, -0.25) is 14.9 Å². The SMILES string of the molecule is Nc1n[nH]c2cc(CN3CCN(Cc4cc5ccc(Cl)cc5s4)CC3C=O)ccc12. The number of aromatic amines is 1. The van der Waals surface area contributed by atoms with E-state index in [0.29, 0.717) is 5.82 Å². The van der Waals surface area contributed by atoms with Gasteiger partial charge >= 0.3 is 0 Å². The van der Waals surface area contributed by atoms with Crippen molar-refractivity contribution in [1.82, 2.24) is 20.0 Å². The maximum atomic E-state index is 11.8. The molecule has 5 rings (SSSR count). The van der Waals surface area contributed by atoms with Crippen LogP contribution in [0.3, 0.4) is 0 Å². The molecule has 6 nitrogen and oxygen atoms in total. The number of anilines is 1. The molecule has 4 aromatic rings. The highest BCUT2D eigenvalue weighted by atomic mass is 35.5. The zero-order chi connectivity index (χ0) is 20.7. The number of benzene rings is 2. The fourth-order valence-electron chi connectivity index (χ4n) is 4.16. The first-order chi connectivity index (χ1) is 14.6. The van der Waals surface area contributed by atoms with Gasteiger partial charge in [-0.25, -0.2) is 0 Å². The molecule has 0 saturated carbocycles. The maximum absolute atomic E-state index is 11.8. The number of halogens is 1. The Kier molecular flexibility index (Phi) is 5.20. The van der Waals surface area contributed by atoms with Crippen LogP contribution >= 0.6 is 22.9 Å². The van der Waals surface area contributed by atoms with E-state index in [2.05, 4.69) is 44.3 Å². The number of hydrogen-bond donors (Lipinski definition) is 2. The first-order valence-corrected chi connectivity index (χ1v) is 11.1. The summed E-state index contributed by atoms with van der Waals surface area (Å²) >= 11 is 7.89. The summed E-state index contributed by atoms with van der Waals surface area (Å²) in [6, 6.07) is 14.2. The number of piperazine rings is 1. The lowest BCUT2D eigenvalue weighted by Gasteiger charge is -2.38. The Hall–Kier alpha value is -2.45. The van der Waals surface area contributed by atoms with Crippen LogP contribution in [0.4, 0.5) is 5.82 Å². The Bertz CT molecular complexity index is 1220. The van der Waals surface area contributed by atoms with Crippen molar-refractivity contribution in [3.05, 3.63) is 57.9 Å². The van der Waals surface area contributed by atoms with E-state index in [9.17, 15) is 4.79 Å². The average molecular weight is 440 g/mol. The number of nitrogens with zero attached hydrogens (tertiary/aromatic N) is 3. The molecule has 3 N–H and O–H groups in total. The average Bonchev–Trinajstić information content (AvgIpc) is 3.31. The molecule has 3 heterocycles. The normalized spacial score (nSPS) is 18.4. The third-order valence-corrected chi connectivity index (χ3v) is 7.05. The van der Waals surface area contributed by atoms with Crippen LogP contribution in [0, 0.1) is 0 Å². The van der Waals surface area contributed by atoms with Crippen LogP contribution in [0.15, 0.2) is 42.5 Å². The number of fused-ring (bicyclic) bond motifs is 2. The number of nitrogens with one attached hydrogen (secondary N) is 1. The summed E-state index contributed by atoms with van der Waals surface area (Å²) in [6.07, 6.45) is 1.07. The van der Waals surface area contributed by atoms with E-state index in [-0.39, 0.29) is 6.04 Å². The molecular formula is C22H22ClN5OS. The van der Waals surface area contributed by atoms with Crippen LogP contribution in [-0.4, -0.2) is 52.0 Å². The molecule has 1 aliphatic heterocycles. The van der Waals surface area contributed by atoms with Crippen LogP contribution in [0.1, 0.15) is 10.4 Å². The van der Waals surface area contributed by atoms with Gasteiger partial charge in [-0.1, -0.05) is 23.7 Å². The van der Waals surface area contributed by atoms with Gasteiger partial charge in [0.05, 0.1) is 11.6 Å². The van der Waals surface area contributed by atoms with Gasteiger partial charge in [0, 0.05) is 52.7 Å². The second-order valence-corrected chi connectivity index (χ2v) is 9.40. The van der Waals surface area contributed by atoms with Gasteiger partial charge in [0.2, 0.25) is 0 Å². The van der Waals surface area contributed by atoms with Crippen molar-refractivity contribution in [3.8, 4) is 0 Å². The molecule has 1 atom stereocenters. The van der Waals surface area contributed by atoms with Gasteiger partial charge < -0.3 is 10.5 Å². The number of thiophene rings is 1. The largest absolute Gasteiger partial charge is 0.382 e. The highest BCUT2D eigenvalue weighted by Crippen LogP contribution is 2.29. The van der Waals surface area contributed by atoms with E-state index in [1.54, 1.807) is 11.3 Å². The van der Waals surface area contributed by atoms with E-state index < -0.39 is 0 Å². The van der Waals surface area contributed by atoms with Gasteiger partial charge in [-0.15, -0.1) is 11.3 Å². The summed E-state index contributed by atoms with van der Waals surface area (Å²) in [5.41, 5.74) is 7.93. The third-order valence-electron chi connectivity index (χ3n) is 5.73. The molecule has 0 radical (unpaired) electrons. The molecule has 1 saturated heterocycles. The Morgan fingerprint density at radius 3 is 2.97 bits per heavy atom. The van der Waals surface area contributed by atoms with Crippen LogP contribution in [0.25, 0.3) is 21.0 Å². The summed E-state index contributed by atoms with van der Waals surface area (Å²) in [5, 5.41) is 9.93. The lowest BCUT2D eigenvalue weighted by molar-refractivity contribution is -0.115. The van der Waals surface area contributed by atoms with E-state index in [4.69, 9.17) is 17.3 Å². The second kappa shape index (κ2) is 8.00. The van der Waals surface area contributed by atoms with E-state index in [0.717, 1.165) is 60.5 Å². The summed E-state index contributed by atoms with van der Waals surface area (Å²) < 4.78 is 1.21. The van der Waals surface area contributed by atoms with Crippen molar-refractivity contribution in [2.45, 2.75) is 19.1 Å². The molecule has 0 aliphatic carbocycles. The van der Waals surface area contributed by atoms with Gasteiger partial charge in [0.15, 0.2) is 5.82 Å². The topological polar surface area (TPSA) is 78.2 Å². The Labute approximate surface area is 183 Å². The van der Waals surface area contributed by atoms with Gasteiger partial charge in [-0.2, -0.15) is 5.10 Å². The molecule has 8 heteroatoms. The first kappa shape index (κ1) is 19.5. The predicted octanol–water partition coefficient (Wildman–Crippen LogP) is 3.90. The standard InChI is InChI=1S/C22H22ClN5OS/c23-16-3-2-15-8-18(30-21(15)9-16)12-27-5-6-28(17(11-27)13-29)10-14-1-4-19-20(7-14)25-26-22(19)24/h1-4,7-9,13,17H,5-6,10-12H2,(H3,24,25,26). The number of aromatic nitrogens is 2. The van der Waals surface area contributed by atoms with E-state index >= 15 is 0 Å². The van der Waals surface area contributed by atoms with Gasteiger partial charge in [-0.05, 0) is 41.3 Å². The fourth-order valence-corrected chi connectivity index (χ4v) is 5.54. The van der Waals surface area contributed by atoms with Crippen LogP contribution < -0.4 is 5.73 Å². The number of hydrogen-bond acceptors (Lipinski definition) is 6. The van der Waals surface area contributed by atoms with E-state index in [1.807, 2.05) is 18.2 Å². The van der Waals surface area contributed by atoms with Gasteiger partial charge in [0.1, 0.15) is 6.29 Å². The van der Waals surface area contributed by atoms with Crippen molar-refractivity contribution in [2.24, 2.45) is 0 Å². The molecule has 1 fully saturated rings. The van der Waals surface area contributed by atoms with Crippen molar-refractivity contribution >= 4 is 56.0 Å². The number of nitrogens with two attached hydrogens (primary N) is 1. The maximum Gasteiger partial charge on any atom is 0.153 e. The monoisotopic (exact) mass is 439 g/mol. The van der Waals surface area contributed by atoms with Crippen molar-refractivity contribution in [3.63, 3.8) is 0 Å². The summed E-state index contributed by atoms with van der Waals surface area (Å²) in [7, 11) is 0. The molecule has 2 aromatic heterocycles. The molecule has 0 amide bonds. The third kappa shape index (κ3) is 3.81. The molecule has 0 spiro atoms. The van der Waals surface area contributed by atoms with Crippen LogP contribution in [0.2, 0.25) is 5.02 Å². The Balaban J connectivity index is 1.26. The molecule has 1 unspecified atom stereocenters. The lowest BCUT2D eigenvalue weighted by Crippen LogP contribution is -2.52. The number of aldehydes is 1. The summed E-state index contributed by atoms with van der Waals surface area (Å²) in [5.74, 6) is 0.513. The Morgan fingerprint density at radius 1 is 1.20 bits per heavy atom. The van der Waals surface area contributed by atoms with E-state index in [1.165, 1.54) is 15.0 Å². The summed E-state index contributed by atoms with van der Waals surface area (Å²) in [6.45, 7) is 4.10. The molecule has 30 heavy (non-hydrogen) atoms. The zero-order valence-corrected chi connectivity index (χ0v) is 17.9. The highest BCUT2D eigenvalue weighted by molar-refractivity contribution is 7.19. The fraction of sp³-hybridized carbons (Fsp3) is 0.273. The van der Waals surface area contributed by atoms with Crippen molar-refractivity contribution in [1.29, 1.82) is 0 Å². The number of carbonyl (C=O) groups excluding carboxylic acids is 1. The van der Waals surface area contributed by atoms with Gasteiger partial charge in [0.25, 0.3) is 0 Å². The summed E-state index contributed by atoms with van der Waals surface area (Å²) in [4.78, 5) is 17.7. The molecule has 154 valence electrons. The lowest BCUT2D eigenvalue weighted by atomic mass is 10.1. The second-order valence-electron chi connectivity index (χ2n) is 7.79. The van der Waals surface area contributed by atoms with Crippen LogP contribution in [0.5, 0.6) is 0 Å². The first-order valence-electron chi connectivity index (χ1n) is 9.91. The molecule has 1 aliphatic rings. The molecular weight excluding hydrogens is 418 g/mol. The quantitative estimate of drug-likeness (QED) is 0.461. The number of rotatable bonds is 5. The minimum absolute atomic E-state index is 0.120. The van der Waals surface area contributed by atoms with Crippen molar-refractivity contribution < 1.29 is 4.79 Å². The predicted molar refractivity (Wildman–Crippen MR) is 123 cm³/mol. The zero-order valence-electron chi connectivity index (χ0n) is 16.3. The molecule has 2 aromatic carbocycles. The number of H-pyrrole nitrogens is 1. The number of carbonyl (C=O) groups is 1. The van der Waals surface area contributed by atoms with Crippen molar-refractivity contribution in [2.75, 3.05) is 25.4 Å². The molecule has 0 bridgehead atoms. The Morgan fingerprint density at radius 2 is 2.10 bits per heavy atom. The minimum Gasteiger partial charge on any atom is -0.382 e. The minimum atomic E-state index is -0.120. The smallest absolute Gasteiger partial charge is 0.153 e. The highest BCUT2D eigenvalue weighted by Gasteiger charge is 2.27. The number of nitrogen functional groups attached to an aromatic ring is 1.